The average Bonchev–Trinajstić information content (AvgIpc) is 2.26. The molecule has 0 aliphatic rings. The maximum absolute atomic E-state index is 11.5. The zero-order valence-corrected chi connectivity index (χ0v) is 9.99. The Hall–Kier alpha value is -1.35. The Morgan fingerprint density at radius 2 is 2.12 bits per heavy atom. The minimum Gasteiger partial charge on any atom is -0.355 e. The highest BCUT2D eigenvalue weighted by molar-refractivity contribution is 5.76. The quantitative estimate of drug-likeness (QED) is 0.791. The van der Waals surface area contributed by atoms with Gasteiger partial charge in [0.1, 0.15) is 0 Å². The SMILES string of the molecule is Cc1ccccc1C(C)CC(=O)NCCN. The Morgan fingerprint density at radius 3 is 2.75 bits per heavy atom. The third kappa shape index (κ3) is 3.66. The molecule has 16 heavy (non-hydrogen) atoms. The van der Waals surface area contributed by atoms with Gasteiger partial charge >= 0.3 is 0 Å². The molecule has 3 nitrogen and oxygen atoms in total. The highest BCUT2D eigenvalue weighted by atomic mass is 16.1. The topological polar surface area (TPSA) is 55.1 Å². The second-order valence-electron chi connectivity index (χ2n) is 4.10. The molecule has 3 heteroatoms. The lowest BCUT2D eigenvalue weighted by molar-refractivity contribution is -0.121. The molecule has 0 fully saturated rings. The highest BCUT2D eigenvalue weighted by Crippen LogP contribution is 2.21. The predicted octanol–water partition coefficient (Wildman–Crippen LogP) is 1.56. The van der Waals surface area contributed by atoms with Crippen molar-refractivity contribution >= 4 is 5.91 Å². The Bertz CT molecular complexity index is 350. The van der Waals surface area contributed by atoms with Crippen molar-refractivity contribution in [3.63, 3.8) is 0 Å². The molecule has 1 unspecified atom stereocenters. The second kappa shape index (κ2) is 6.28. The number of nitrogens with two attached hydrogens (primary N) is 1. The van der Waals surface area contributed by atoms with Crippen LogP contribution in [0.2, 0.25) is 0 Å². The summed E-state index contributed by atoms with van der Waals surface area (Å²) in [5.74, 6) is 0.320. The standard InChI is InChI=1S/C13H20N2O/c1-10-5-3-4-6-12(10)11(2)9-13(16)15-8-7-14/h3-6,11H,7-9,14H2,1-2H3,(H,15,16). The van der Waals surface area contributed by atoms with Crippen molar-refractivity contribution in [2.45, 2.75) is 26.2 Å². The number of nitrogens with one attached hydrogen (secondary N) is 1. The number of aryl methyl sites for hydroxylation is 1. The van der Waals surface area contributed by atoms with Crippen LogP contribution < -0.4 is 11.1 Å². The van der Waals surface area contributed by atoms with Gasteiger partial charge in [-0.05, 0) is 24.0 Å². The number of rotatable bonds is 5. The molecule has 88 valence electrons. The summed E-state index contributed by atoms with van der Waals surface area (Å²) in [6.07, 6.45) is 0.519. The van der Waals surface area contributed by atoms with Crippen molar-refractivity contribution in [3.05, 3.63) is 35.4 Å². The molecule has 0 aliphatic carbocycles. The fourth-order valence-electron chi connectivity index (χ4n) is 1.81. The van der Waals surface area contributed by atoms with Crippen LogP contribution >= 0.6 is 0 Å². The largest absolute Gasteiger partial charge is 0.355 e. The molecule has 1 rings (SSSR count). The summed E-state index contributed by atoms with van der Waals surface area (Å²) in [6.45, 7) is 5.19. The number of hydrogen-bond acceptors (Lipinski definition) is 2. The lowest BCUT2D eigenvalue weighted by Crippen LogP contribution is -2.29. The molecule has 1 aromatic carbocycles. The first-order valence-corrected chi connectivity index (χ1v) is 5.67. The van der Waals surface area contributed by atoms with Crippen LogP contribution in [0.25, 0.3) is 0 Å². The van der Waals surface area contributed by atoms with Gasteiger partial charge in [0, 0.05) is 19.5 Å². The van der Waals surface area contributed by atoms with Gasteiger partial charge in [-0.2, -0.15) is 0 Å². The Morgan fingerprint density at radius 1 is 1.44 bits per heavy atom. The average molecular weight is 220 g/mol. The van der Waals surface area contributed by atoms with Crippen molar-refractivity contribution in [1.82, 2.24) is 5.32 Å². The van der Waals surface area contributed by atoms with E-state index < -0.39 is 0 Å². The normalized spacial score (nSPS) is 12.2. The fraction of sp³-hybridized carbons (Fsp3) is 0.462. The van der Waals surface area contributed by atoms with Crippen LogP contribution in [0.3, 0.4) is 0 Å². The van der Waals surface area contributed by atoms with E-state index in [2.05, 4.69) is 31.3 Å². The highest BCUT2D eigenvalue weighted by Gasteiger charge is 2.12. The van der Waals surface area contributed by atoms with Crippen LogP contribution in [-0.4, -0.2) is 19.0 Å². The third-order valence-corrected chi connectivity index (χ3v) is 2.68. The van der Waals surface area contributed by atoms with Crippen LogP contribution in [-0.2, 0) is 4.79 Å². The predicted molar refractivity (Wildman–Crippen MR) is 66.3 cm³/mol. The Kier molecular flexibility index (Phi) is 4.99. The van der Waals surface area contributed by atoms with E-state index in [9.17, 15) is 4.79 Å². The summed E-state index contributed by atoms with van der Waals surface area (Å²) in [6, 6.07) is 8.18. The maximum Gasteiger partial charge on any atom is 0.220 e. The van der Waals surface area contributed by atoms with Gasteiger partial charge < -0.3 is 11.1 Å². The van der Waals surface area contributed by atoms with Gasteiger partial charge in [-0.3, -0.25) is 4.79 Å². The minimum atomic E-state index is 0.0706. The van der Waals surface area contributed by atoms with E-state index >= 15 is 0 Å². The zero-order chi connectivity index (χ0) is 12.0. The van der Waals surface area contributed by atoms with Crippen LogP contribution in [0, 0.1) is 6.92 Å². The summed E-state index contributed by atoms with van der Waals surface area (Å²) in [5.41, 5.74) is 7.81. The van der Waals surface area contributed by atoms with E-state index in [1.165, 1.54) is 11.1 Å². The van der Waals surface area contributed by atoms with E-state index in [0.717, 1.165) is 0 Å². The van der Waals surface area contributed by atoms with Gasteiger partial charge in [-0.1, -0.05) is 31.2 Å². The van der Waals surface area contributed by atoms with Crippen LogP contribution in [0.15, 0.2) is 24.3 Å². The number of carbonyl (C=O) groups is 1. The third-order valence-electron chi connectivity index (χ3n) is 2.68. The number of amides is 1. The molecular weight excluding hydrogens is 200 g/mol. The van der Waals surface area contributed by atoms with E-state index in [1.807, 2.05) is 12.1 Å². The number of benzene rings is 1. The fourth-order valence-corrected chi connectivity index (χ4v) is 1.81. The molecule has 0 bridgehead atoms. The lowest BCUT2D eigenvalue weighted by atomic mass is 9.93. The summed E-state index contributed by atoms with van der Waals surface area (Å²) in [5, 5.41) is 2.79. The molecule has 0 radical (unpaired) electrons. The second-order valence-corrected chi connectivity index (χ2v) is 4.10. The first-order valence-electron chi connectivity index (χ1n) is 5.67. The van der Waals surface area contributed by atoms with Crippen molar-refractivity contribution in [3.8, 4) is 0 Å². The van der Waals surface area contributed by atoms with Crippen molar-refractivity contribution in [2.24, 2.45) is 5.73 Å². The Labute approximate surface area is 97.0 Å². The molecule has 0 heterocycles. The van der Waals surface area contributed by atoms with E-state index in [0.29, 0.717) is 19.5 Å². The number of hydrogen-bond donors (Lipinski definition) is 2. The van der Waals surface area contributed by atoms with Crippen molar-refractivity contribution < 1.29 is 4.79 Å². The minimum absolute atomic E-state index is 0.0706. The lowest BCUT2D eigenvalue weighted by Gasteiger charge is -2.14. The van der Waals surface area contributed by atoms with Gasteiger partial charge in [0.15, 0.2) is 0 Å². The van der Waals surface area contributed by atoms with Crippen LogP contribution in [0.5, 0.6) is 0 Å². The van der Waals surface area contributed by atoms with E-state index in [1.54, 1.807) is 0 Å². The monoisotopic (exact) mass is 220 g/mol. The Balaban J connectivity index is 2.55. The van der Waals surface area contributed by atoms with E-state index in [-0.39, 0.29) is 11.8 Å². The first kappa shape index (κ1) is 12.7. The van der Waals surface area contributed by atoms with Crippen LogP contribution in [0.1, 0.15) is 30.4 Å². The zero-order valence-electron chi connectivity index (χ0n) is 9.99. The van der Waals surface area contributed by atoms with Gasteiger partial charge in [-0.15, -0.1) is 0 Å². The molecule has 0 aromatic heterocycles. The molecule has 0 aliphatic heterocycles. The maximum atomic E-state index is 11.5. The molecule has 3 N–H and O–H groups in total. The summed E-state index contributed by atoms with van der Waals surface area (Å²) >= 11 is 0. The van der Waals surface area contributed by atoms with Gasteiger partial charge in [0.25, 0.3) is 0 Å². The molecule has 0 saturated carbocycles. The van der Waals surface area contributed by atoms with Crippen molar-refractivity contribution in [2.75, 3.05) is 13.1 Å². The first-order chi connectivity index (χ1) is 7.65. The molecule has 1 aromatic rings. The molecule has 1 atom stereocenters. The smallest absolute Gasteiger partial charge is 0.220 e. The van der Waals surface area contributed by atoms with E-state index in [4.69, 9.17) is 5.73 Å². The van der Waals surface area contributed by atoms with Crippen molar-refractivity contribution in [1.29, 1.82) is 0 Å². The van der Waals surface area contributed by atoms with Gasteiger partial charge in [0.2, 0.25) is 5.91 Å². The number of carbonyl (C=O) groups excluding carboxylic acids is 1. The molecular formula is C13H20N2O. The molecule has 1 amide bonds. The summed E-state index contributed by atoms with van der Waals surface area (Å²) < 4.78 is 0. The summed E-state index contributed by atoms with van der Waals surface area (Å²) in [4.78, 5) is 11.5. The van der Waals surface area contributed by atoms with Gasteiger partial charge in [-0.25, -0.2) is 0 Å². The molecule has 0 saturated heterocycles. The molecule has 0 spiro atoms. The van der Waals surface area contributed by atoms with Gasteiger partial charge in [0.05, 0.1) is 0 Å². The summed E-state index contributed by atoms with van der Waals surface area (Å²) in [7, 11) is 0. The van der Waals surface area contributed by atoms with Crippen LogP contribution in [0.4, 0.5) is 0 Å².